The van der Waals surface area contributed by atoms with Crippen LogP contribution in [0.2, 0.25) is 0 Å². The summed E-state index contributed by atoms with van der Waals surface area (Å²) in [5, 5.41) is 0. The summed E-state index contributed by atoms with van der Waals surface area (Å²) < 4.78 is 16.9. The topological polar surface area (TPSA) is 78.9 Å². The Morgan fingerprint density at radius 1 is 0.299 bits per heavy atom. The van der Waals surface area contributed by atoms with Crippen LogP contribution in [0.1, 0.15) is 303 Å². The van der Waals surface area contributed by atoms with Crippen LogP contribution in [0.5, 0.6) is 0 Å². The van der Waals surface area contributed by atoms with Crippen molar-refractivity contribution in [1.29, 1.82) is 0 Å². The van der Waals surface area contributed by atoms with E-state index in [1.165, 1.54) is 180 Å². The Bertz CT molecular complexity index is 1170. The summed E-state index contributed by atoms with van der Waals surface area (Å²) in [4.78, 5) is 38.1. The standard InChI is InChI=1S/C61H110O6/c1-4-7-10-13-16-19-22-24-26-28-30-32-34-36-39-42-45-48-51-54-60(63)66-57-58(56-65-59(62)53-50-47-44-41-38-21-18-15-12-9-6-3)67-61(64)55-52-49-46-43-40-37-35-33-31-29-27-25-23-20-17-14-11-8-5-2/h15-16,18-19,24,26,30,32,58H,4-14,17,20-23,25,27-29,31,33-57H2,1-3H3/b18-15-,19-16-,26-24-,32-30-. The highest BCUT2D eigenvalue weighted by Gasteiger charge is 2.19. The maximum atomic E-state index is 12.9. The molecule has 0 aromatic rings. The SMILES string of the molecule is CCCC/C=C\CCCCCCCC(=O)OCC(COC(=O)CCCCCCCC/C=C\C/C=C\C/C=C\CCCCC)OC(=O)CCCCCCCCCCCCCCCCCCCCC. The van der Waals surface area contributed by atoms with Crippen molar-refractivity contribution in [3.05, 3.63) is 48.6 Å². The molecule has 0 aliphatic rings. The zero-order valence-electron chi connectivity index (χ0n) is 44.7. The fourth-order valence-electron chi connectivity index (χ4n) is 8.37. The fraction of sp³-hybridized carbons (Fsp3) is 0.820. The molecular formula is C61H110O6. The van der Waals surface area contributed by atoms with Gasteiger partial charge < -0.3 is 14.2 Å². The van der Waals surface area contributed by atoms with Crippen LogP contribution in [0.3, 0.4) is 0 Å². The van der Waals surface area contributed by atoms with Crippen LogP contribution in [-0.4, -0.2) is 37.2 Å². The molecule has 0 heterocycles. The molecule has 1 unspecified atom stereocenters. The summed E-state index contributed by atoms with van der Waals surface area (Å²) in [5.41, 5.74) is 0. The lowest BCUT2D eigenvalue weighted by atomic mass is 10.0. The minimum absolute atomic E-state index is 0.0792. The summed E-state index contributed by atoms with van der Waals surface area (Å²) in [6.45, 7) is 6.59. The van der Waals surface area contributed by atoms with Gasteiger partial charge in [-0.05, 0) is 77.0 Å². The molecule has 0 N–H and O–H groups in total. The van der Waals surface area contributed by atoms with Gasteiger partial charge in [0.1, 0.15) is 13.2 Å². The molecule has 0 spiro atoms. The fourth-order valence-corrected chi connectivity index (χ4v) is 8.37. The third kappa shape index (κ3) is 54.2. The van der Waals surface area contributed by atoms with E-state index in [9.17, 15) is 14.4 Å². The van der Waals surface area contributed by atoms with Crippen molar-refractivity contribution in [3.63, 3.8) is 0 Å². The van der Waals surface area contributed by atoms with E-state index >= 15 is 0 Å². The lowest BCUT2D eigenvalue weighted by molar-refractivity contribution is -0.167. The first kappa shape index (κ1) is 64.4. The number of ether oxygens (including phenoxy) is 3. The number of allylic oxidation sites excluding steroid dienone is 8. The van der Waals surface area contributed by atoms with E-state index in [1.807, 2.05) is 0 Å². The van der Waals surface area contributed by atoms with Gasteiger partial charge in [0.25, 0.3) is 0 Å². The quantitative estimate of drug-likeness (QED) is 0.0262. The van der Waals surface area contributed by atoms with Gasteiger partial charge in [-0.2, -0.15) is 0 Å². The molecule has 390 valence electrons. The van der Waals surface area contributed by atoms with Gasteiger partial charge in [0.15, 0.2) is 6.10 Å². The molecule has 0 bridgehead atoms. The number of esters is 3. The van der Waals surface area contributed by atoms with Crippen molar-refractivity contribution >= 4 is 17.9 Å². The predicted molar refractivity (Wildman–Crippen MR) is 289 cm³/mol. The lowest BCUT2D eigenvalue weighted by Crippen LogP contribution is -2.30. The molecule has 0 saturated heterocycles. The summed E-state index contributed by atoms with van der Waals surface area (Å²) in [7, 11) is 0. The Morgan fingerprint density at radius 2 is 0.552 bits per heavy atom. The van der Waals surface area contributed by atoms with Gasteiger partial charge in [0, 0.05) is 19.3 Å². The molecular weight excluding hydrogens is 829 g/mol. The monoisotopic (exact) mass is 939 g/mol. The minimum atomic E-state index is -0.779. The van der Waals surface area contributed by atoms with Crippen LogP contribution < -0.4 is 0 Å². The predicted octanol–water partition coefficient (Wildman–Crippen LogP) is 19.4. The molecule has 0 radical (unpaired) electrons. The van der Waals surface area contributed by atoms with Crippen molar-refractivity contribution < 1.29 is 28.6 Å². The maximum Gasteiger partial charge on any atom is 0.306 e. The summed E-state index contributed by atoms with van der Waals surface area (Å²) >= 11 is 0. The van der Waals surface area contributed by atoms with Crippen molar-refractivity contribution in [1.82, 2.24) is 0 Å². The summed E-state index contributed by atoms with van der Waals surface area (Å²) in [6, 6.07) is 0. The van der Waals surface area contributed by atoms with Crippen LogP contribution in [0, 0.1) is 0 Å². The largest absolute Gasteiger partial charge is 0.462 e. The van der Waals surface area contributed by atoms with Crippen molar-refractivity contribution in [2.75, 3.05) is 13.2 Å². The van der Waals surface area contributed by atoms with Crippen LogP contribution in [-0.2, 0) is 28.6 Å². The highest BCUT2D eigenvalue weighted by molar-refractivity contribution is 5.71. The van der Waals surface area contributed by atoms with Crippen molar-refractivity contribution in [2.45, 2.75) is 309 Å². The number of hydrogen-bond acceptors (Lipinski definition) is 6. The number of hydrogen-bond donors (Lipinski definition) is 0. The van der Waals surface area contributed by atoms with E-state index in [4.69, 9.17) is 14.2 Å². The second kappa shape index (κ2) is 56.0. The van der Waals surface area contributed by atoms with Gasteiger partial charge in [-0.3, -0.25) is 14.4 Å². The molecule has 0 amide bonds. The zero-order valence-corrected chi connectivity index (χ0v) is 44.7. The molecule has 1 atom stereocenters. The van der Waals surface area contributed by atoms with Gasteiger partial charge >= 0.3 is 17.9 Å². The van der Waals surface area contributed by atoms with Crippen LogP contribution in [0.25, 0.3) is 0 Å². The Balaban J connectivity index is 4.32. The average Bonchev–Trinajstić information content (AvgIpc) is 3.33. The molecule has 0 aliphatic carbocycles. The highest BCUT2D eigenvalue weighted by Crippen LogP contribution is 2.16. The number of carbonyl (C=O) groups is 3. The van der Waals surface area contributed by atoms with Crippen LogP contribution in [0.15, 0.2) is 48.6 Å². The normalized spacial score (nSPS) is 12.3. The van der Waals surface area contributed by atoms with Gasteiger partial charge in [0.2, 0.25) is 0 Å². The second-order valence-corrected chi connectivity index (χ2v) is 19.6. The third-order valence-electron chi connectivity index (χ3n) is 12.8. The maximum absolute atomic E-state index is 12.9. The van der Waals surface area contributed by atoms with E-state index in [-0.39, 0.29) is 31.1 Å². The summed E-state index contributed by atoms with van der Waals surface area (Å²) in [6.07, 6.45) is 68.2. The second-order valence-electron chi connectivity index (χ2n) is 19.6. The molecule has 67 heavy (non-hydrogen) atoms. The van der Waals surface area contributed by atoms with Gasteiger partial charge in [-0.15, -0.1) is 0 Å². The zero-order chi connectivity index (χ0) is 48.6. The molecule has 0 rings (SSSR count). The molecule has 0 saturated carbocycles. The number of carbonyl (C=O) groups excluding carboxylic acids is 3. The lowest BCUT2D eigenvalue weighted by Gasteiger charge is -2.18. The van der Waals surface area contributed by atoms with Crippen LogP contribution in [0.4, 0.5) is 0 Å². The number of rotatable bonds is 53. The van der Waals surface area contributed by atoms with Gasteiger partial charge in [0.05, 0.1) is 0 Å². The Labute approximate surface area is 416 Å². The number of unbranched alkanes of at least 4 members (excludes halogenated alkanes) is 34. The van der Waals surface area contributed by atoms with Crippen molar-refractivity contribution in [2.24, 2.45) is 0 Å². The average molecular weight is 940 g/mol. The molecule has 0 aromatic carbocycles. The van der Waals surface area contributed by atoms with E-state index in [1.54, 1.807) is 0 Å². The van der Waals surface area contributed by atoms with E-state index in [2.05, 4.69) is 69.4 Å². The smallest absolute Gasteiger partial charge is 0.306 e. The van der Waals surface area contributed by atoms with Crippen LogP contribution >= 0.6 is 0 Å². The Hall–Kier alpha value is -2.63. The highest BCUT2D eigenvalue weighted by atomic mass is 16.6. The van der Waals surface area contributed by atoms with E-state index in [0.717, 1.165) is 83.5 Å². The van der Waals surface area contributed by atoms with E-state index in [0.29, 0.717) is 19.3 Å². The molecule has 0 aliphatic heterocycles. The Morgan fingerprint density at radius 3 is 0.925 bits per heavy atom. The van der Waals surface area contributed by atoms with Gasteiger partial charge in [-0.1, -0.05) is 256 Å². The van der Waals surface area contributed by atoms with Gasteiger partial charge in [-0.25, -0.2) is 0 Å². The van der Waals surface area contributed by atoms with E-state index < -0.39 is 6.10 Å². The first-order valence-electron chi connectivity index (χ1n) is 29.1. The molecule has 0 fully saturated rings. The Kier molecular flexibility index (Phi) is 53.8. The first-order valence-corrected chi connectivity index (χ1v) is 29.1. The molecule has 6 heteroatoms. The van der Waals surface area contributed by atoms with Crippen molar-refractivity contribution in [3.8, 4) is 0 Å². The molecule has 6 nitrogen and oxygen atoms in total. The first-order chi connectivity index (χ1) is 33.0. The molecule has 0 aromatic heterocycles. The summed E-state index contributed by atoms with van der Waals surface area (Å²) in [5.74, 6) is -0.886. The minimum Gasteiger partial charge on any atom is -0.462 e. The third-order valence-corrected chi connectivity index (χ3v) is 12.8.